The maximum Gasteiger partial charge on any atom is 0.0633 e. The predicted molar refractivity (Wildman–Crippen MR) is 66.8 cm³/mol. The molecule has 0 aliphatic carbocycles. The third kappa shape index (κ3) is 1.78. The van der Waals surface area contributed by atoms with E-state index in [1.807, 2.05) is 6.07 Å². The highest BCUT2D eigenvalue weighted by atomic mass is 35.5. The molecule has 0 saturated carbocycles. The number of benzene rings is 1. The summed E-state index contributed by atoms with van der Waals surface area (Å²) in [6.07, 6.45) is 2.53. The summed E-state index contributed by atoms with van der Waals surface area (Å²) in [6.45, 7) is 6.39. The Bertz CT molecular complexity index is 382. The zero-order chi connectivity index (χ0) is 11.0. The third-order valence-corrected chi connectivity index (χ3v) is 3.65. The van der Waals surface area contributed by atoms with Crippen molar-refractivity contribution >= 4 is 23.0 Å². The second-order valence-corrected chi connectivity index (χ2v) is 4.65. The van der Waals surface area contributed by atoms with Crippen LogP contribution in [0, 0.1) is 13.8 Å². The van der Waals surface area contributed by atoms with Crippen molar-refractivity contribution in [3.8, 4) is 0 Å². The van der Waals surface area contributed by atoms with E-state index in [1.165, 1.54) is 24.1 Å². The Hall–Kier alpha value is -0.890. The summed E-state index contributed by atoms with van der Waals surface area (Å²) in [6, 6.07) is 1.87. The quantitative estimate of drug-likeness (QED) is 0.743. The standard InChI is InChI=1S/C12H17ClN2/c1-8-9(2)12(11(14)7-10(8)13)15-5-3-4-6-15/h7H,3-6,14H2,1-2H3. The van der Waals surface area contributed by atoms with Crippen LogP contribution in [0.25, 0.3) is 0 Å². The average Bonchev–Trinajstić information content (AvgIpc) is 2.68. The Morgan fingerprint density at radius 2 is 1.80 bits per heavy atom. The van der Waals surface area contributed by atoms with Crippen LogP contribution in [0.15, 0.2) is 6.07 Å². The smallest absolute Gasteiger partial charge is 0.0633 e. The number of nitrogens with zero attached hydrogens (tertiary/aromatic N) is 1. The van der Waals surface area contributed by atoms with Crippen LogP contribution in [0.1, 0.15) is 24.0 Å². The van der Waals surface area contributed by atoms with Gasteiger partial charge >= 0.3 is 0 Å². The van der Waals surface area contributed by atoms with E-state index >= 15 is 0 Å². The van der Waals surface area contributed by atoms with Crippen LogP contribution in [-0.4, -0.2) is 13.1 Å². The van der Waals surface area contributed by atoms with E-state index in [9.17, 15) is 0 Å². The molecule has 15 heavy (non-hydrogen) atoms. The van der Waals surface area contributed by atoms with Gasteiger partial charge in [-0.15, -0.1) is 0 Å². The van der Waals surface area contributed by atoms with Gasteiger partial charge in [0.15, 0.2) is 0 Å². The lowest BCUT2D eigenvalue weighted by molar-refractivity contribution is 0.949. The summed E-state index contributed by atoms with van der Waals surface area (Å²) in [5.41, 5.74) is 10.4. The minimum Gasteiger partial charge on any atom is -0.397 e. The number of halogens is 1. The summed E-state index contributed by atoms with van der Waals surface area (Å²) in [7, 11) is 0. The maximum atomic E-state index is 6.10. The normalized spacial score (nSPS) is 16.1. The van der Waals surface area contributed by atoms with E-state index in [1.54, 1.807) is 0 Å². The molecule has 82 valence electrons. The molecule has 2 N–H and O–H groups in total. The van der Waals surface area contributed by atoms with Gasteiger partial charge < -0.3 is 10.6 Å². The summed E-state index contributed by atoms with van der Waals surface area (Å²) in [5.74, 6) is 0. The fourth-order valence-corrected chi connectivity index (χ4v) is 2.51. The Balaban J connectivity index is 2.50. The minimum absolute atomic E-state index is 0.771. The Kier molecular flexibility index (Phi) is 2.79. The van der Waals surface area contributed by atoms with Crippen LogP contribution < -0.4 is 10.6 Å². The van der Waals surface area contributed by atoms with Crippen LogP contribution in [0.2, 0.25) is 5.02 Å². The van der Waals surface area contributed by atoms with Crippen LogP contribution in [0.3, 0.4) is 0 Å². The van der Waals surface area contributed by atoms with Gasteiger partial charge in [0.25, 0.3) is 0 Å². The first-order chi connectivity index (χ1) is 7.11. The molecule has 0 unspecified atom stereocenters. The number of anilines is 2. The predicted octanol–water partition coefficient (Wildman–Crippen LogP) is 3.14. The van der Waals surface area contributed by atoms with Gasteiger partial charge in [-0.2, -0.15) is 0 Å². The van der Waals surface area contributed by atoms with Crippen LogP contribution >= 0.6 is 11.6 Å². The number of hydrogen-bond acceptors (Lipinski definition) is 2. The van der Waals surface area contributed by atoms with E-state index in [0.717, 1.165) is 29.4 Å². The molecule has 1 aliphatic heterocycles. The van der Waals surface area contributed by atoms with Gasteiger partial charge in [-0.25, -0.2) is 0 Å². The van der Waals surface area contributed by atoms with Gasteiger partial charge in [0.05, 0.1) is 11.4 Å². The molecule has 0 bridgehead atoms. The minimum atomic E-state index is 0.771. The SMILES string of the molecule is Cc1c(Cl)cc(N)c(N2CCCC2)c1C. The highest BCUT2D eigenvalue weighted by Gasteiger charge is 2.18. The molecule has 2 nitrogen and oxygen atoms in total. The van der Waals surface area contributed by atoms with Gasteiger partial charge in [0, 0.05) is 18.1 Å². The van der Waals surface area contributed by atoms with Gasteiger partial charge in [0.1, 0.15) is 0 Å². The fourth-order valence-electron chi connectivity index (χ4n) is 2.25. The molecule has 0 aromatic heterocycles. The van der Waals surface area contributed by atoms with Crippen molar-refractivity contribution in [1.29, 1.82) is 0 Å². The van der Waals surface area contributed by atoms with Gasteiger partial charge in [0.2, 0.25) is 0 Å². The topological polar surface area (TPSA) is 29.3 Å². The number of rotatable bonds is 1. The highest BCUT2D eigenvalue weighted by molar-refractivity contribution is 6.32. The van der Waals surface area contributed by atoms with Gasteiger partial charge in [-0.05, 0) is 43.9 Å². The second kappa shape index (κ2) is 3.93. The lowest BCUT2D eigenvalue weighted by atomic mass is 10.1. The molecule has 1 aliphatic rings. The Morgan fingerprint density at radius 1 is 1.20 bits per heavy atom. The molecule has 0 atom stereocenters. The average molecular weight is 225 g/mol. The van der Waals surface area contributed by atoms with E-state index in [4.69, 9.17) is 17.3 Å². The summed E-state index contributed by atoms with van der Waals surface area (Å²) in [5, 5.41) is 0.771. The van der Waals surface area contributed by atoms with E-state index < -0.39 is 0 Å². The first kappa shape index (κ1) is 10.6. The molecule has 1 aromatic carbocycles. The second-order valence-electron chi connectivity index (χ2n) is 4.24. The molecule has 0 radical (unpaired) electrons. The summed E-state index contributed by atoms with van der Waals surface area (Å²) in [4.78, 5) is 2.37. The number of nitrogens with two attached hydrogens (primary N) is 1. The third-order valence-electron chi connectivity index (χ3n) is 3.25. The van der Waals surface area contributed by atoms with Crippen molar-refractivity contribution < 1.29 is 0 Å². The number of hydrogen-bond donors (Lipinski definition) is 1. The first-order valence-electron chi connectivity index (χ1n) is 5.41. The molecule has 0 amide bonds. The maximum absolute atomic E-state index is 6.10. The van der Waals surface area contributed by atoms with E-state index in [0.29, 0.717) is 0 Å². The van der Waals surface area contributed by atoms with Crippen molar-refractivity contribution in [3.05, 3.63) is 22.2 Å². The largest absolute Gasteiger partial charge is 0.397 e. The Morgan fingerprint density at radius 3 is 2.40 bits per heavy atom. The van der Waals surface area contributed by atoms with Crippen molar-refractivity contribution in [2.75, 3.05) is 23.7 Å². The van der Waals surface area contributed by atoms with Gasteiger partial charge in [-0.3, -0.25) is 0 Å². The molecule has 1 fully saturated rings. The first-order valence-corrected chi connectivity index (χ1v) is 5.79. The molecule has 1 saturated heterocycles. The number of nitrogen functional groups attached to an aromatic ring is 1. The monoisotopic (exact) mass is 224 g/mol. The van der Waals surface area contributed by atoms with Crippen molar-refractivity contribution in [2.24, 2.45) is 0 Å². The van der Waals surface area contributed by atoms with Crippen LogP contribution in [-0.2, 0) is 0 Å². The zero-order valence-corrected chi connectivity index (χ0v) is 10.1. The summed E-state index contributed by atoms with van der Waals surface area (Å²) < 4.78 is 0. The molecule has 2 rings (SSSR count). The molecular weight excluding hydrogens is 208 g/mol. The van der Waals surface area contributed by atoms with Crippen LogP contribution in [0.4, 0.5) is 11.4 Å². The molecule has 1 heterocycles. The van der Waals surface area contributed by atoms with Gasteiger partial charge in [-0.1, -0.05) is 11.6 Å². The molecule has 3 heteroatoms. The van der Waals surface area contributed by atoms with Crippen LogP contribution in [0.5, 0.6) is 0 Å². The lowest BCUT2D eigenvalue weighted by Gasteiger charge is -2.23. The lowest BCUT2D eigenvalue weighted by Crippen LogP contribution is -2.20. The molecule has 0 spiro atoms. The van der Waals surface area contributed by atoms with Crippen molar-refractivity contribution in [1.82, 2.24) is 0 Å². The van der Waals surface area contributed by atoms with E-state index in [2.05, 4.69) is 18.7 Å². The zero-order valence-electron chi connectivity index (χ0n) is 9.31. The fraction of sp³-hybridized carbons (Fsp3) is 0.500. The highest BCUT2D eigenvalue weighted by Crippen LogP contribution is 2.35. The van der Waals surface area contributed by atoms with E-state index in [-0.39, 0.29) is 0 Å². The molecular formula is C12H17ClN2. The summed E-state index contributed by atoms with van der Waals surface area (Å²) >= 11 is 6.10. The molecule has 1 aromatic rings. The van der Waals surface area contributed by atoms with Crippen molar-refractivity contribution in [3.63, 3.8) is 0 Å². The Labute approximate surface area is 96.0 Å². The van der Waals surface area contributed by atoms with Crippen molar-refractivity contribution in [2.45, 2.75) is 26.7 Å².